The van der Waals surface area contributed by atoms with Crippen molar-refractivity contribution in [2.75, 3.05) is 18.0 Å². The first kappa shape index (κ1) is 22.1. The second-order valence-corrected chi connectivity index (χ2v) is 7.91. The summed E-state index contributed by atoms with van der Waals surface area (Å²) in [7, 11) is 0. The van der Waals surface area contributed by atoms with Gasteiger partial charge >= 0.3 is 0 Å². The predicted octanol–water partition coefficient (Wildman–Crippen LogP) is 5.14. The third kappa shape index (κ3) is 5.29. The van der Waals surface area contributed by atoms with E-state index < -0.39 is 0 Å². The van der Waals surface area contributed by atoms with E-state index >= 15 is 0 Å². The number of nitrogens with zero attached hydrogens (tertiary/aromatic N) is 2. The van der Waals surface area contributed by atoms with Gasteiger partial charge in [-0.15, -0.1) is 0 Å². The molecule has 2 aromatic rings. The van der Waals surface area contributed by atoms with Gasteiger partial charge in [-0.05, 0) is 37.5 Å². The van der Waals surface area contributed by atoms with E-state index in [1.165, 1.54) is 6.07 Å². The van der Waals surface area contributed by atoms with E-state index in [0.29, 0.717) is 24.7 Å². The van der Waals surface area contributed by atoms with Crippen molar-refractivity contribution in [3.63, 3.8) is 0 Å². The Morgan fingerprint density at radius 3 is 2.53 bits per heavy atom. The number of Topliss-reactive ketones (excluding diaryl/α,β-unsaturated/α-hetero) is 1. The first-order valence-electron chi connectivity index (χ1n) is 10.7. The first-order chi connectivity index (χ1) is 14.4. The second-order valence-electron chi connectivity index (χ2n) is 7.91. The fraction of sp³-hybridized carbons (Fsp3) is 0.500. The summed E-state index contributed by atoms with van der Waals surface area (Å²) < 4.78 is 26.5. The molecule has 2 atom stereocenters. The van der Waals surface area contributed by atoms with Gasteiger partial charge in [-0.3, -0.25) is 4.79 Å². The Hall–Kier alpha value is -2.63. The van der Waals surface area contributed by atoms with Crippen LogP contribution in [0.15, 0.2) is 36.5 Å². The quantitative estimate of drug-likeness (QED) is 0.569. The molecular formula is C24H31FN2O3. The Bertz CT molecular complexity index is 852. The van der Waals surface area contributed by atoms with Gasteiger partial charge in [0, 0.05) is 24.9 Å². The fourth-order valence-electron chi connectivity index (χ4n) is 3.64. The number of rotatable bonds is 9. The molecule has 162 valence electrons. The van der Waals surface area contributed by atoms with Gasteiger partial charge in [0.05, 0.1) is 18.8 Å². The van der Waals surface area contributed by atoms with Crippen LogP contribution >= 0.6 is 0 Å². The Balaban J connectivity index is 1.59. The maximum Gasteiger partial charge on any atom is 0.169 e. The summed E-state index contributed by atoms with van der Waals surface area (Å²) in [5, 5.41) is 0. The zero-order valence-corrected chi connectivity index (χ0v) is 18.2. The highest BCUT2D eigenvalue weighted by atomic mass is 19.1. The number of hydrogen-bond acceptors (Lipinski definition) is 5. The third-order valence-electron chi connectivity index (χ3n) is 5.75. The molecule has 30 heavy (non-hydrogen) atoms. The highest BCUT2D eigenvalue weighted by molar-refractivity contribution is 5.82. The largest absolute Gasteiger partial charge is 0.489 e. The summed E-state index contributed by atoms with van der Waals surface area (Å²) in [6.45, 7) is 8.85. The number of ketones is 1. The van der Waals surface area contributed by atoms with E-state index in [-0.39, 0.29) is 29.7 Å². The SMILES string of the molecule is CCC(CC)Oc1cnc(N2CCC(Oc3ccc(C(C)C(C)=O)cc3)C2)c(F)c1. The number of hydrogen-bond donors (Lipinski definition) is 0. The smallest absolute Gasteiger partial charge is 0.169 e. The molecular weight excluding hydrogens is 383 g/mol. The molecule has 0 N–H and O–H groups in total. The monoisotopic (exact) mass is 414 g/mol. The fourth-order valence-corrected chi connectivity index (χ4v) is 3.64. The lowest BCUT2D eigenvalue weighted by Crippen LogP contribution is -2.26. The number of benzene rings is 1. The molecule has 0 spiro atoms. The number of carbonyl (C=O) groups is 1. The van der Waals surface area contributed by atoms with Crippen molar-refractivity contribution < 1.29 is 18.7 Å². The van der Waals surface area contributed by atoms with E-state index in [1.807, 2.05) is 49.9 Å². The molecule has 1 fully saturated rings. The average Bonchev–Trinajstić information content (AvgIpc) is 3.20. The highest BCUT2D eigenvalue weighted by Crippen LogP contribution is 2.28. The molecule has 0 amide bonds. The molecule has 1 saturated heterocycles. The summed E-state index contributed by atoms with van der Waals surface area (Å²) in [6.07, 6.45) is 4.17. The van der Waals surface area contributed by atoms with Crippen molar-refractivity contribution in [2.45, 2.75) is 65.1 Å². The third-order valence-corrected chi connectivity index (χ3v) is 5.75. The number of ether oxygens (including phenoxy) is 2. The molecule has 0 saturated carbocycles. The van der Waals surface area contributed by atoms with Crippen molar-refractivity contribution in [3.05, 3.63) is 47.9 Å². The number of aromatic nitrogens is 1. The van der Waals surface area contributed by atoms with Crippen molar-refractivity contribution in [2.24, 2.45) is 0 Å². The minimum atomic E-state index is -0.373. The Labute approximate surface area is 178 Å². The van der Waals surface area contributed by atoms with Crippen LogP contribution in [0, 0.1) is 5.82 Å². The van der Waals surface area contributed by atoms with Gasteiger partial charge in [0.15, 0.2) is 11.6 Å². The van der Waals surface area contributed by atoms with Gasteiger partial charge < -0.3 is 14.4 Å². The van der Waals surface area contributed by atoms with Gasteiger partial charge in [0.2, 0.25) is 0 Å². The van der Waals surface area contributed by atoms with Crippen molar-refractivity contribution in [1.82, 2.24) is 4.98 Å². The number of pyridine rings is 1. The van der Waals surface area contributed by atoms with Gasteiger partial charge in [0.1, 0.15) is 23.4 Å². The molecule has 0 bridgehead atoms. The van der Waals surface area contributed by atoms with Crippen molar-refractivity contribution in [1.29, 1.82) is 0 Å². The standard InChI is InChI=1S/C24H31FN2O3/c1-5-19(6-2)29-22-13-23(25)24(26-14-22)27-12-11-21(15-27)30-20-9-7-18(8-10-20)16(3)17(4)28/h7-10,13-14,16,19,21H,5-6,11-12,15H2,1-4H3. The lowest BCUT2D eigenvalue weighted by molar-refractivity contribution is -0.118. The van der Waals surface area contributed by atoms with E-state index in [4.69, 9.17) is 9.47 Å². The maximum atomic E-state index is 14.6. The van der Waals surface area contributed by atoms with Crippen LogP contribution in [0.3, 0.4) is 0 Å². The molecule has 0 radical (unpaired) electrons. The molecule has 1 aliphatic rings. The van der Waals surface area contributed by atoms with Crippen LogP contribution in [-0.2, 0) is 4.79 Å². The number of halogens is 1. The summed E-state index contributed by atoms with van der Waals surface area (Å²) in [4.78, 5) is 17.7. The zero-order chi connectivity index (χ0) is 21.7. The van der Waals surface area contributed by atoms with E-state index in [2.05, 4.69) is 4.98 Å². The number of anilines is 1. The molecule has 0 aliphatic carbocycles. The predicted molar refractivity (Wildman–Crippen MR) is 116 cm³/mol. The molecule has 1 aromatic carbocycles. The zero-order valence-electron chi connectivity index (χ0n) is 18.2. The van der Waals surface area contributed by atoms with Gasteiger partial charge in [0.25, 0.3) is 0 Å². The highest BCUT2D eigenvalue weighted by Gasteiger charge is 2.27. The Kier molecular flexibility index (Phi) is 7.29. The summed E-state index contributed by atoms with van der Waals surface area (Å²) in [6, 6.07) is 9.05. The van der Waals surface area contributed by atoms with Gasteiger partial charge in [-0.25, -0.2) is 9.37 Å². The molecule has 1 aromatic heterocycles. The van der Waals surface area contributed by atoms with Crippen molar-refractivity contribution >= 4 is 11.6 Å². The van der Waals surface area contributed by atoms with Gasteiger partial charge in [-0.2, -0.15) is 0 Å². The van der Waals surface area contributed by atoms with E-state index in [1.54, 1.807) is 13.1 Å². The molecule has 2 heterocycles. The lowest BCUT2D eigenvalue weighted by atomic mass is 9.98. The Morgan fingerprint density at radius 2 is 1.93 bits per heavy atom. The van der Waals surface area contributed by atoms with E-state index in [9.17, 15) is 9.18 Å². The van der Waals surface area contributed by atoms with Crippen LogP contribution in [0.5, 0.6) is 11.5 Å². The normalized spacial score (nSPS) is 17.3. The molecule has 1 aliphatic heterocycles. The first-order valence-corrected chi connectivity index (χ1v) is 10.7. The number of carbonyl (C=O) groups excluding carboxylic acids is 1. The van der Waals surface area contributed by atoms with Crippen LogP contribution in [-0.4, -0.2) is 36.1 Å². The topological polar surface area (TPSA) is 51.7 Å². The average molecular weight is 415 g/mol. The summed E-state index contributed by atoms with van der Waals surface area (Å²) in [5.41, 5.74) is 0.977. The molecule has 5 nitrogen and oxygen atoms in total. The van der Waals surface area contributed by atoms with Crippen LogP contribution in [0.4, 0.5) is 10.2 Å². The van der Waals surface area contributed by atoms with Crippen molar-refractivity contribution in [3.8, 4) is 11.5 Å². The minimum absolute atomic E-state index is 0.0391. The van der Waals surface area contributed by atoms with Crippen LogP contribution in [0.2, 0.25) is 0 Å². The van der Waals surface area contributed by atoms with E-state index in [0.717, 1.165) is 30.6 Å². The Morgan fingerprint density at radius 1 is 1.23 bits per heavy atom. The molecule has 2 unspecified atom stereocenters. The minimum Gasteiger partial charge on any atom is -0.489 e. The maximum absolute atomic E-state index is 14.6. The van der Waals surface area contributed by atoms with Crippen LogP contribution in [0.25, 0.3) is 0 Å². The second kappa shape index (κ2) is 9.92. The van der Waals surface area contributed by atoms with Gasteiger partial charge in [-0.1, -0.05) is 32.9 Å². The molecule has 6 heteroatoms. The van der Waals surface area contributed by atoms with Crippen LogP contribution < -0.4 is 14.4 Å². The van der Waals surface area contributed by atoms with Crippen LogP contribution in [0.1, 0.15) is 58.4 Å². The molecule has 3 rings (SSSR count). The summed E-state index contributed by atoms with van der Waals surface area (Å²) >= 11 is 0. The summed E-state index contributed by atoms with van der Waals surface area (Å²) in [5.74, 6) is 1.21. The lowest BCUT2D eigenvalue weighted by Gasteiger charge is -2.20.